The lowest BCUT2D eigenvalue weighted by Gasteiger charge is -2.18. The zero-order chi connectivity index (χ0) is 14.9. The molecule has 2 heterocycles. The standard InChI is InChI=1S/C15H20N2O3S/c18-15(12-7-10-21(19,20)11-12)16-13-3-5-14(6-4-13)17-8-1-2-9-17/h3-6,12H,1-2,7-11H2,(H,16,18)/t12-/m1/s1. The lowest BCUT2D eigenvalue weighted by atomic mass is 10.1. The average Bonchev–Trinajstić information content (AvgIpc) is 3.09. The van der Waals surface area contributed by atoms with Crippen LogP contribution in [0.4, 0.5) is 11.4 Å². The van der Waals surface area contributed by atoms with E-state index >= 15 is 0 Å². The number of carbonyl (C=O) groups excluding carboxylic acids is 1. The van der Waals surface area contributed by atoms with Crippen LogP contribution in [0, 0.1) is 5.92 Å². The van der Waals surface area contributed by atoms with Crippen molar-refractivity contribution in [2.24, 2.45) is 5.92 Å². The normalized spacial score (nSPS) is 24.2. The quantitative estimate of drug-likeness (QED) is 0.922. The van der Waals surface area contributed by atoms with Gasteiger partial charge in [0.2, 0.25) is 5.91 Å². The molecular formula is C15H20N2O3S. The molecule has 2 fully saturated rings. The summed E-state index contributed by atoms with van der Waals surface area (Å²) >= 11 is 0. The molecule has 1 amide bonds. The van der Waals surface area contributed by atoms with Crippen molar-refractivity contribution in [2.45, 2.75) is 19.3 Å². The molecule has 1 atom stereocenters. The van der Waals surface area contributed by atoms with E-state index < -0.39 is 15.8 Å². The average molecular weight is 308 g/mol. The molecule has 1 aromatic carbocycles. The van der Waals surface area contributed by atoms with E-state index in [0.29, 0.717) is 6.42 Å². The highest BCUT2D eigenvalue weighted by Gasteiger charge is 2.32. The van der Waals surface area contributed by atoms with Gasteiger partial charge in [0.25, 0.3) is 0 Å². The van der Waals surface area contributed by atoms with Crippen LogP contribution in [0.2, 0.25) is 0 Å². The molecule has 0 aromatic heterocycles. The first-order chi connectivity index (χ1) is 10.0. The lowest BCUT2D eigenvalue weighted by molar-refractivity contribution is -0.119. The number of nitrogens with zero attached hydrogens (tertiary/aromatic N) is 1. The van der Waals surface area contributed by atoms with Crippen LogP contribution in [0.3, 0.4) is 0 Å². The van der Waals surface area contributed by atoms with Crippen LogP contribution in [0.25, 0.3) is 0 Å². The van der Waals surface area contributed by atoms with E-state index in [1.54, 1.807) is 0 Å². The molecule has 0 aliphatic carbocycles. The van der Waals surface area contributed by atoms with Gasteiger partial charge in [-0.1, -0.05) is 0 Å². The van der Waals surface area contributed by atoms with Crippen molar-refractivity contribution in [3.05, 3.63) is 24.3 Å². The smallest absolute Gasteiger partial charge is 0.228 e. The summed E-state index contributed by atoms with van der Waals surface area (Å²) in [6, 6.07) is 7.78. The molecule has 0 bridgehead atoms. The molecule has 2 saturated heterocycles. The van der Waals surface area contributed by atoms with E-state index in [4.69, 9.17) is 0 Å². The van der Waals surface area contributed by atoms with Gasteiger partial charge in [-0.3, -0.25) is 4.79 Å². The number of hydrogen-bond acceptors (Lipinski definition) is 4. The summed E-state index contributed by atoms with van der Waals surface area (Å²) in [6.07, 6.45) is 2.89. The van der Waals surface area contributed by atoms with E-state index in [1.165, 1.54) is 18.5 Å². The van der Waals surface area contributed by atoms with Crippen molar-refractivity contribution in [1.29, 1.82) is 0 Å². The first kappa shape index (κ1) is 14.4. The molecule has 6 heteroatoms. The third-order valence-corrected chi connectivity index (χ3v) is 5.98. The zero-order valence-electron chi connectivity index (χ0n) is 11.9. The summed E-state index contributed by atoms with van der Waals surface area (Å²) < 4.78 is 22.8. The molecular weight excluding hydrogens is 288 g/mol. The van der Waals surface area contributed by atoms with Crippen LogP contribution >= 0.6 is 0 Å². The Balaban J connectivity index is 1.61. The van der Waals surface area contributed by atoms with Gasteiger partial charge in [0.15, 0.2) is 9.84 Å². The second-order valence-electron chi connectivity index (χ2n) is 5.83. The summed E-state index contributed by atoms with van der Waals surface area (Å²) in [4.78, 5) is 14.4. The number of sulfone groups is 1. The minimum Gasteiger partial charge on any atom is -0.372 e. The fraction of sp³-hybridized carbons (Fsp3) is 0.533. The fourth-order valence-corrected chi connectivity index (χ4v) is 4.72. The monoisotopic (exact) mass is 308 g/mol. The Morgan fingerprint density at radius 3 is 2.38 bits per heavy atom. The minimum atomic E-state index is -3.02. The van der Waals surface area contributed by atoms with Crippen molar-refractivity contribution in [3.8, 4) is 0 Å². The Hall–Kier alpha value is -1.56. The second kappa shape index (κ2) is 5.67. The van der Waals surface area contributed by atoms with Crippen LogP contribution < -0.4 is 10.2 Å². The second-order valence-corrected chi connectivity index (χ2v) is 8.06. The maximum atomic E-state index is 12.1. The van der Waals surface area contributed by atoms with Crippen LogP contribution in [-0.2, 0) is 14.6 Å². The van der Waals surface area contributed by atoms with E-state index in [2.05, 4.69) is 10.2 Å². The number of benzene rings is 1. The molecule has 0 spiro atoms. The van der Waals surface area contributed by atoms with Crippen LogP contribution in [0.5, 0.6) is 0 Å². The van der Waals surface area contributed by atoms with E-state index in [9.17, 15) is 13.2 Å². The minimum absolute atomic E-state index is 0.0231. The van der Waals surface area contributed by atoms with Gasteiger partial charge in [-0.25, -0.2) is 8.42 Å². The number of rotatable bonds is 3. The molecule has 0 radical (unpaired) electrons. The molecule has 0 unspecified atom stereocenters. The molecule has 2 aliphatic heterocycles. The van der Waals surface area contributed by atoms with Crippen molar-refractivity contribution in [3.63, 3.8) is 0 Å². The largest absolute Gasteiger partial charge is 0.372 e. The Morgan fingerprint density at radius 2 is 1.81 bits per heavy atom. The predicted octanol–water partition coefficient (Wildman–Crippen LogP) is 1.66. The van der Waals surface area contributed by atoms with E-state index in [-0.39, 0.29) is 17.4 Å². The van der Waals surface area contributed by atoms with Crippen LogP contribution in [0.1, 0.15) is 19.3 Å². The number of carbonyl (C=O) groups is 1. The molecule has 1 N–H and O–H groups in total. The molecule has 114 valence electrons. The molecule has 5 nitrogen and oxygen atoms in total. The summed E-state index contributed by atoms with van der Waals surface area (Å²) in [7, 11) is -3.02. The lowest BCUT2D eigenvalue weighted by Crippen LogP contribution is -2.23. The van der Waals surface area contributed by atoms with Gasteiger partial charge < -0.3 is 10.2 Å². The third-order valence-electron chi connectivity index (χ3n) is 4.21. The Morgan fingerprint density at radius 1 is 1.14 bits per heavy atom. The zero-order valence-corrected chi connectivity index (χ0v) is 12.7. The topological polar surface area (TPSA) is 66.5 Å². The predicted molar refractivity (Wildman–Crippen MR) is 83.3 cm³/mol. The van der Waals surface area contributed by atoms with Gasteiger partial charge in [-0.2, -0.15) is 0 Å². The molecule has 3 rings (SSSR count). The summed E-state index contributed by atoms with van der Waals surface area (Å²) in [6.45, 7) is 2.18. The Kier molecular flexibility index (Phi) is 3.89. The number of nitrogens with one attached hydrogen (secondary N) is 1. The highest BCUT2D eigenvalue weighted by atomic mass is 32.2. The van der Waals surface area contributed by atoms with Crippen molar-refractivity contribution < 1.29 is 13.2 Å². The maximum absolute atomic E-state index is 12.1. The van der Waals surface area contributed by atoms with Crippen molar-refractivity contribution in [2.75, 3.05) is 34.8 Å². The van der Waals surface area contributed by atoms with E-state index in [1.807, 2.05) is 24.3 Å². The molecule has 2 aliphatic rings. The molecule has 1 aromatic rings. The van der Waals surface area contributed by atoms with Crippen molar-refractivity contribution >= 4 is 27.1 Å². The summed E-state index contributed by atoms with van der Waals surface area (Å²) in [5.41, 5.74) is 1.90. The number of anilines is 2. The number of hydrogen-bond donors (Lipinski definition) is 1. The number of amides is 1. The fourth-order valence-electron chi connectivity index (χ4n) is 2.98. The van der Waals surface area contributed by atoms with Gasteiger partial charge >= 0.3 is 0 Å². The van der Waals surface area contributed by atoms with Crippen LogP contribution in [-0.4, -0.2) is 38.9 Å². The van der Waals surface area contributed by atoms with Crippen LogP contribution in [0.15, 0.2) is 24.3 Å². The van der Waals surface area contributed by atoms with Gasteiger partial charge in [0.1, 0.15) is 0 Å². The highest BCUT2D eigenvalue weighted by molar-refractivity contribution is 7.91. The first-order valence-electron chi connectivity index (χ1n) is 7.40. The Bertz CT molecular complexity index is 619. The summed E-state index contributed by atoms with van der Waals surface area (Å²) in [5, 5.41) is 2.82. The van der Waals surface area contributed by atoms with E-state index in [0.717, 1.165) is 18.8 Å². The Labute approximate surface area is 125 Å². The third kappa shape index (κ3) is 3.37. The van der Waals surface area contributed by atoms with Crippen molar-refractivity contribution in [1.82, 2.24) is 0 Å². The highest BCUT2D eigenvalue weighted by Crippen LogP contribution is 2.24. The molecule has 21 heavy (non-hydrogen) atoms. The SMILES string of the molecule is O=C(Nc1ccc(N2CCCC2)cc1)[C@@H]1CCS(=O)(=O)C1. The van der Waals surface area contributed by atoms with Gasteiger partial charge in [0, 0.05) is 24.5 Å². The van der Waals surface area contributed by atoms with Gasteiger partial charge in [-0.15, -0.1) is 0 Å². The van der Waals surface area contributed by atoms with Gasteiger partial charge in [-0.05, 0) is 43.5 Å². The molecule has 0 saturated carbocycles. The maximum Gasteiger partial charge on any atom is 0.228 e. The van der Waals surface area contributed by atoms with Gasteiger partial charge in [0.05, 0.1) is 17.4 Å². The summed E-state index contributed by atoms with van der Waals surface area (Å²) in [5.74, 6) is -0.498. The first-order valence-corrected chi connectivity index (χ1v) is 9.22.